The largest absolute Gasteiger partial charge is 0.465 e. The molecule has 120 valence electrons. The maximum absolute atomic E-state index is 12.4. The van der Waals surface area contributed by atoms with Gasteiger partial charge in [0, 0.05) is 12.4 Å². The van der Waals surface area contributed by atoms with E-state index in [9.17, 15) is 22.8 Å². The Hall–Kier alpha value is -2.97. The summed E-state index contributed by atoms with van der Waals surface area (Å²) < 4.78 is 41.7. The molecule has 6 nitrogen and oxygen atoms in total. The van der Waals surface area contributed by atoms with Gasteiger partial charge in [0.2, 0.25) is 0 Å². The Morgan fingerprint density at radius 3 is 2.17 bits per heavy atom. The van der Waals surface area contributed by atoms with Gasteiger partial charge in [0.05, 0.1) is 18.2 Å². The smallest absolute Gasteiger partial charge is 0.433 e. The van der Waals surface area contributed by atoms with Crippen LogP contribution >= 0.6 is 0 Å². The number of alkyl halides is 3. The van der Waals surface area contributed by atoms with Crippen molar-refractivity contribution in [3.63, 3.8) is 0 Å². The van der Waals surface area contributed by atoms with Gasteiger partial charge < -0.3 is 10.1 Å². The average molecular weight is 325 g/mol. The van der Waals surface area contributed by atoms with Crippen LogP contribution in [0.15, 0.2) is 36.7 Å². The molecule has 0 aromatic carbocycles. The maximum atomic E-state index is 12.4. The van der Waals surface area contributed by atoms with Gasteiger partial charge in [-0.15, -0.1) is 0 Å². The number of hydrogen-bond donors (Lipinski definition) is 1. The van der Waals surface area contributed by atoms with Gasteiger partial charge in [-0.2, -0.15) is 13.2 Å². The van der Waals surface area contributed by atoms with Crippen LogP contribution in [0.5, 0.6) is 0 Å². The topological polar surface area (TPSA) is 81.2 Å². The normalized spacial score (nSPS) is 11.0. The van der Waals surface area contributed by atoms with Gasteiger partial charge in [0.15, 0.2) is 0 Å². The van der Waals surface area contributed by atoms with Crippen LogP contribution in [0.4, 0.5) is 19.0 Å². The van der Waals surface area contributed by atoms with Crippen molar-refractivity contribution in [1.82, 2.24) is 9.97 Å². The van der Waals surface area contributed by atoms with Gasteiger partial charge >= 0.3 is 12.1 Å². The molecule has 0 radical (unpaired) electrons. The van der Waals surface area contributed by atoms with Crippen molar-refractivity contribution in [2.45, 2.75) is 6.18 Å². The van der Waals surface area contributed by atoms with Crippen molar-refractivity contribution in [2.24, 2.45) is 0 Å². The summed E-state index contributed by atoms with van der Waals surface area (Å²) in [6.07, 6.45) is -2.55. The summed E-state index contributed by atoms with van der Waals surface area (Å²) in [6, 6.07) is 4.47. The van der Waals surface area contributed by atoms with Crippen LogP contribution in [0.25, 0.3) is 0 Å². The van der Waals surface area contributed by atoms with E-state index >= 15 is 0 Å². The molecule has 1 N–H and O–H groups in total. The number of pyridine rings is 2. The minimum atomic E-state index is -4.57. The van der Waals surface area contributed by atoms with E-state index in [1.165, 1.54) is 25.4 Å². The highest BCUT2D eigenvalue weighted by molar-refractivity contribution is 6.03. The number of nitrogens with zero attached hydrogens (tertiary/aromatic N) is 2. The molecule has 0 aliphatic heterocycles. The van der Waals surface area contributed by atoms with Crippen LogP contribution in [0.3, 0.4) is 0 Å². The molecule has 2 rings (SSSR count). The molecule has 0 spiro atoms. The summed E-state index contributed by atoms with van der Waals surface area (Å²) in [5.74, 6) is -1.13. The molecular weight excluding hydrogens is 315 g/mol. The first-order valence-electron chi connectivity index (χ1n) is 6.20. The van der Waals surface area contributed by atoms with E-state index in [4.69, 9.17) is 0 Å². The lowest BCUT2D eigenvalue weighted by Gasteiger charge is -2.07. The highest BCUT2D eigenvalue weighted by Crippen LogP contribution is 2.27. The minimum absolute atomic E-state index is 0.0585. The van der Waals surface area contributed by atoms with Gasteiger partial charge in [0.25, 0.3) is 5.91 Å². The number of aromatic nitrogens is 2. The fraction of sp³-hybridized carbons (Fsp3) is 0.143. The number of ether oxygens (including phenoxy) is 1. The highest BCUT2D eigenvalue weighted by atomic mass is 19.4. The van der Waals surface area contributed by atoms with Crippen LogP contribution in [0.1, 0.15) is 26.4 Å². The summed E-state index contributed by atoms with van der Waals surface area (Å²) in [7, 11) is 1.22. The molecule has 23 heavy (non-hydrogen) atoms. The van der Waals surface area contributed by atoms with Crippen molar-refractivity contribution in [2.75, 3.05) is 12.4 Å². The van der Waals surface area contributed by atoms with E-state index in [0.717, 1.165) is 12.3 Å². The molecule has 0 fully saturated rings. The summed E-state index contributed by atoms with van der Waals surface area (Å²) in [5, 5.41) is 2.38. The molecule has 0 unspecified atom stereocenters. The summed E-state index contributed by atoms with van der Waals surface area (Å²) in [4.78, 5) is 30.1. The number of anilines is 1. The molecular formula is C14H10F3N3O3. The maximum Gasteiger partial charge on any atom is 0.433 e. The van der Waals surface area contributed by atoms with Crippen LogP contribution in [0, 0.1) is 0 Å². The van der Waals surface area contributed by atoms with Crippen molar-refractivity contribution < 1.29 is 27.5 Å². The Morgan fingerprint density at radius 2 is 1.70 bits per heavy atom. The third kappa shape index (κ3) is 4.02. The van der Waals surface area contributed by atoms with Crippen molar-refractivity contribution in [3.05, 3.63) is 53.5 Å². The van der Waals surface area contributed by atoms with Gasteiger partial charge in [-0.05, 0) is 24.3 Å². The molecule has 0 saturated heterocycles. The van der Waals surface area contributed by atoms with Crippen molar-refractivity contribution in [3.8, 4) is 0 Å². The molecule has 0 aliphatic carbocycles. The van der Waals surface area contributed by atoms with Gasteiger partial charge in [-0.1, -0.05) is 0 Å². The van der Waals surface area contributed by atoms with E-state index in [2.05, 4.69) is 20.0 Å². The third-order valence-corrected chi connectivity index (χ3v) is 2.74. The van der Waals surface area contributed by atoms with E-state index in [-0.39, 0.29) is 16.9 Å². The molecule has 0 saturated carbocycles. The van der Waals surface area contributed by atoms with Gasteiger partial charge in [0.1, 0.15) is 11.5 Å². The SMILES string of the molecule is COC(=O)c1ccc(NC(=O)c2ccc(C(F)(F)F)nc2)nc1. The Kier molecular flexibility index (Phi) is 4.58. The lowest BCUT2D eigenvalue weighted by Crippen LogP contribution is -2.15. The standard InChI is InChI=1S/C14H10F3N3O3/c1-23-13(22)9-3-5-11(19-7-9)20-12(21)8-2-4-10(18-6-8)14(15,16)17/h2-7H,1H3,(H,19,20,21). The van der Waals surface area contributed by atoms with Crippen molar-refractivity contribution >= 4 is 17.7 Å². The number of carbonyl (C=O) groups excluding carboxylic acids is 2. The molecule has 0 bridgehead atoms. The van der Waals surface area contributed by atoms with E-state index in [1.54, 1.807) is 0 Å². The number of carbonyl (C=O) groups is 2. The number of nitrogens with one attached hydrogen (secondary N) is 1. The Bertz CT molecular complexity index is 713. The second-order valence-electron chi connectivity index (χ2n) is 4.31. The molecule has 1 amide bonds. The average Bonchev–Trinajstić information content (AvgIpc) is 2.54. The Balaban J connectivity index is 2.08. The quantitative estimate of drug-likeness (QED) is 0.877. The Labute approximate surface area is 128 Å². The van der Waals surface area contributed by atoms with Crippen LogP contribution in [-0.2, 0) is 10.9 Å². The highest BCUT2D eigenvalue weighted by Gasteiger charge is 2.32. The summed E-state index contributed by atoms with van der Waals surface area (Å²) >= 11 is 0. The first kappa shape index (κ1) is 16.4. The second kappa shape index (κ2) is 6.42. The minimum Gasteiger partial charge on any atom is -0.465 e. The molecule has 2 aromatic heterocycles. The second-order valence-corrected chi connectivity index (χ2v) is 4.31. The molecule has 0 aliphatic rings. The van der Waals surface area contributed by atoms with Gasteiger partial charge in [-0.25, -0.2) is 9.78 Å². The number of hydrogen-bond acceptors (Lipinski definition) is 5. The lowest BCUT2D eigenvalue weighted by molar-refractivity contribution is -0.141. The lowest BCUT2D eigenvalue weighted by atomic mass is 10.2. The molecule has 0 atom stereocenters. The van der Waals surface area contributed by atoms with E-state index in [0.29, 0.717) is 6.07 Å². The number of rotatable bonds is 3. The summed E-state index contributed by atoms with van der Waals surface area (Å²) in [6.45, 7) is 0. The van der Waals surface area contributed by atoms with E-state index < -0.39 is 23.7 Å². The molecule has 2 aromatic rings. The number of esters is 1. The fourth-order valence-electron chi connectivity index (χ4n) is 1.59. The first-order valence-corrected chi connectivity index (χ1v) is 6.20. The Morgan fingerprint density at radius 1 is 1.04 bits per heavy atom. The first-order chi connectivity index (χ1) is 10.8. The number of methoxy groups -OCH3 is 1. The predicted octanol–water partition coefficient (Wildman–Crippen LogP) is 2.53. The summed E-state index contributed by atoms with van der Waals surface area (Å²) in [5.41, 5.74) is -0.951. The van der Waals surface area contributed by atoms with Gasteiger partial charge in [-0.3, -0.25) is 9.78 Å². The molecule has 9 heteroatoms. The van der Waals surface area contributed by atoms with E-state index in [1.807, 2.05) is 0 Å². The van der Waals surface area contributed by atoms with Crippen LogP contribution < -0.4 is 5.32 Å². The third-order valence-electron chi connectivity index (χ3n) is 2.74. The number of halogens is 3. The zero-order valence-corrected chi connectivity index (χ0v) is 11.7. The molecule has 2 heterocycles. The zero-order valence-electron chi connectivity index (χ0n) is 11.7. The fourth-order valence-corrected chi connectivity index (χ4v) is 1.59. The van der Waals surface area contributed by atoms with Crippen LogP contribution in [0.2, 0.25) is 0 Å². The van der Waals surface area contributed by atoms with Crippen molar-refractivity contribution in [1.29, 1.82) is 0 Å². The zero-order chi connectivity index (χ0) is 17.0. The monoisotopic (exact) mass is 325 g/mol. The predicted molar refractivity (Wildman–Crippen MR) is 72.8 cm³/mol. The number of amides is 1. The van der Waals surface area contributed by atoms with Crippen LogP contribution in [-0.4, -0.2) is 29.0 Å².